The molecule has 1 aromatic heterocycles. The summed E-state index contributed by atoms with van der Waals surface area (Å²) in [6.07, 6.45) is 6.17. The molecule has 33 nitrogen and oxygen atoms in total. The number of cyclic esters (lactones) is 1. The van der Waals surface area contributed by atoms with Crippen molar-refractivity contribution in [3.05, 3.63) is 231 Å². The first-order valence-corrected chi connectivity index (χ1v) is 37.5. The number of allylic oxidation sites excluding steroid dienone is 6. The molecule has 0 bridgehead atoms. The highest BCUT2D eigenvalue weighted by Gasteiger charge is 2.64. The van der Waals surface area contributed by atoms with Gasteiger partial charge in [-0.25, -0.2) is 9.59 Å². The third-order valence-electron chi connectivity index (χ3n) is 19.1. The molecule has 13 rings (SSSR count). The van der Waals surface area contributed by atoms with Crippen LogP contribution in [0.2, 0.25) is 0 Å². The van der Waals surface area contributed by atoms with E-state index in [1.165, 1.54) is 117 Å². The third kappa shape index (κ3) is 23.4. The Morgan fingerprint density at radius 2 is 1.04 bits per heavy atom. The van der Waals surface area contributed by atoms with Crippen molar-refractivity contribution < 1.29 is 161 Å². The number of methoxy groups -OCH3 is 7. The lowest BCUT2D eigenvalue weighted by molar-refractivity contribution is -0.202. The van der Waals surface area contributed by atoms with Crippen molar-refractivity contribution in [2.75, 3.05) is 82.8 Å². The van der Waals surface area contributed by atoms with Gasteiger partial charge in [0.15, 0.2) is 115 Å². The van der Waals surface area contributed by atoms with Crippen LogP contribution in [0, 0.1) is 5.92 Å². The van der Waals surface area contributed by atoms with Gasteiger partial charge >= 0.3 is 11.9 Å². The van der Waals surface area contributed by atoms with Gasteiger partial charge in [0, 0.05) is 68.1 Å². The summed E-state index contributed by atoms with van der Waals surface area (Å²) in [5, 5.41) is 128. The Balaban J connectivity index is 0.000000184. The number of Topliss-reactive ketones (excluding diaryl/α,β-unsaturated/α-hetero) is 4. The molecule has 2 saturated heterocycles. The molecule has 4 atom stereocenters. The molecule has 33 heteroatoms. The fourth-order valence-electron chi connectivity index (χ4n) is 12.7. The molecule has 2 fully saturated rings. The van der Waals surface area contributed by atoms with Crippen molar-refractivity contribution in [1.29, 1.82) is 0 Å². The van der Waals surface area contributed by atoms with Crippen LogP contribution in [0.5, 0.6) is 80.5 Å². The lowest BCUT2D eigenvalue weighted by atomic mass is 9.77. The number of furan rings is 1. The first-order chi connectivity index (χ1) is 58.2. The lowest BCUT2D eigenvalue weighted by Crippen LogP contribution is -2.63. The third-order valence-corrected chi connectivity index (χ3v) is 19.1. The van der Waals surface area contributed by atoms with Crippen LogP contribution in [0.3, 0.4) is 0 Å². The second kappa shape index (κ2) is 43.0. The predicted molar refractivity (Wildman–Crippen MR) is 434 cm³/mol. The summed E-state index contributed by atoms with van der Waals surface area (Å²) in [5.74, 6) is -0.857. The maximum Gasteiger partial charge on any atom is 0.342 e. The number of hydrogen-bond acceptors (Lipinski definition) is 33. The van der Waals surface area contributed by atoms with Crippen molar-refractivity contribution in [2.45, 2.75) is 82.5 Å². The van der Waals surface area contributed by atoms with Gasteiger partial charge < -0.3 is 128 Å². The summed E-state index contributed by atoms with van der Waals surface area (Å²) in [4.78, 5) is 82.2. The zero-order valence-electron chi connectivity index (χ0n) is 67.8. The van der Waals surface area contributed by atoms with Crippen molar-refractivity contribution in [3.63, 3.8) is 0 Å². The maximum absolute atomic E-state index is 12.3. The number of ether oxygens (including phenoxy) is 12. The number of ketones is 5. The lowest BCUT2D eigenvalue weighted by Gasteiger charge is -2.35. The number of benzene rings is 7. The van der Waals surface area contributed by atoms with Crippen LogP contribution in [0.4, 0.5) is 0 Å². The SMILES string of the molecule is CCOC(=O)C(O)(Cc1ccc(O)c(OC)c1)C1(O)CCOC1=O.COc1cc(C=C2OC(C)=CC2=O)ccc1O.COc1cc(C=C2OC(CO)CC2=O)ccc1O.COc1cc(CC(=O)c2ccco2)ccc1O.COc1cc(CC2=C(O)C(=O)CCO2)ccc1O.COc1cc(Cc2cc(C3=C(O)C(=O)CC3CO)cc(OC)c2O)ccc1O. The normalized spacial score (nSPS) is 17.4. The molecule has 7 aromatic carbocycles. The van der Waals surface area contributed by atoms with Crippen LogP contribution < -0.4 is 33.2 Å². The smallest absolute Gasteiger partial charge is 0.342 e. The number of aliphatic hydroxyl groups excluding tert-OH is 4. The number of phenolic OH excluding ortho intramolecular Hbond substituents is 7. The molecule has 648 valence electrons. The predicted octanol–water partition coefficient (Wildman–Crippen LogP) is 9.93. The molecule has 0 amide bonds. The quantitative estimate of drug-likeness (QED) is 0.0152. The van der Waals surface area contributed by atoms with Crippen molar-refractivity contribution >= 4 is 58.6 Å². The van der Waals surface area contributed by atoms with Gasteiger partial charge in [0.2, 0.25) is 34.3 Å². The van der Waals surface area contributed by atoms with Crippen LogP contribution in [-0.2, 0) is 78.1 Å². The zero-order chi connectivity index (χ0) is 89.3. The molecule has 5 heterocycles. The van der Waals surface area contributed by atoms with Crippen LogP contribution in [0.1, 0.15) is 94.6 Å². The number of esters is 2. The zero-order valence-corrected chi connectivity index (χ0v) is 67.8. The summed E-state index contributed by atoms with van der Waals surface area (Å²) in [6.45, 7) is 2.93. The molecule has 122 heavy (non-hydrogen) atoms. The van der Waals surface area contributed by atoms with Crippen molar-refractivity contribution in [2.24, 2.45) is 5.92 Å². The Kier molecular flexibility index (Phi) is 32.9. The van der Waals surface area contributed by atoms with E-state index in [2.05, 4.69) is 0 Å². The summed E-state index contributed by atoms with van der Waals surface area (Å²) in [7, 11) is 10.0. The molecule has 0 spiro atoms. The standard InChI is InChI=1S/C21H22O7.C16H20O8.2C13H14O5.2C13H12O4/c1-27-17-6-11(3-4-15(17)23)5-13-7-12(9-18(28-2)20(13)25)19-14(10-22)8-16(24)21(19)26;1-3-23-14(19)16(21,15(20)6-7-24-13(15)18)9-10-4-5-11(17)12(8-10)22-2;1-17-12-4-8(2-3-10(12)15)5-13-11(16)6-9(7-14)18-13;1-17-11-6-8(2-3-9(11)14)7-12-13(16)10(15)4-5-18-12;1-8-5-11(15)13(17-8)7-9-3-4-10(14)12(6-9)16-2;1-16-13-8-9(4-5-10(13)14)7-11(15)12-3-2-6-17-12/h3-4,6-7,9,14,22-23,25-26H,5,8,10H2,1-2H3;4-5,8,17,20-21H,3,6-7,9H2,1-2H3;2-5,9,14-15H,6-7H2,1H3;2-3,6,14,16H,4-5,7H2,1H3;3-7,14H,1-2H3;2-6,8,14H,7H2,1H3. The minimum Gasteiger partial charge on any atom is -0.504 e. The number of hydrogen-bond donors (Lipinski definition) is 13. The minimum absolute atomic E-state index is 0.00661. The summed E-state index contributed by atoms with van der Waals surface area (Å²) in [6, 6.07) is 34.7. The number of carbonyl (C=O) groups excluding carboxylic acids is 7. The second-order valence-corrected chi connectivity index (χ2v) is 27.4. The van der Waals surface area contributed by atoms with E-state index in [0.29, 0.717) is 74.5 Å². The summed E-state index contributed by atoms with van der Waals surface area (Å²) in [5.41, 5.74) is 0.478. The number of phenols is 7. The topological polar surface area (TPSA) is 506 Å². The molecular weight excluding hydrogens is 1600 g/mol. The van der Waals surface area contributed by atoms with Crippen LogP contribution in [-0.4, -0.2) is 207 Å². The number of carbonyl (C=O) groups is 7. The van der Waals surface area contributed by atoms with E-state index in [9.17, 15) is 94.8 Å². The second-order valence-electron chi connectivity index (χ2n) is 27.4. The van der Waals surface area contributed by atoms with Gasteiger partial charge in [-0.2, -0.15) is 0 Å². The van der Waals surface area contributed by atoms with Gasteiger partial charge in [-0.05, 0) is 162 Å². The van der Waals surface area contributed by atoms with Crippen LogP contribution >= 0.6 is 0 Å². The monoisotopic (exact) mass is 1690 g/mol. The van der Waals surface area contributed by atoms with E-state index in [1.807, 2.05) is 0 Å². The van der Waals surface area contributed by atoms with Gasteiger partial charge in [0.1, 0.15) is 17.6 Å². The molecule has 8 aromatic rings. The van der Waals surface area contributed by atoms with Crippen molar-refractivity contribution in [3.8, 4) is 80.5 Å². The molecule has 0 radical (unpaired) electrons. The number of aromatic hydroxyl groups is 7. The molecule has 0 saturated carbocycles. The van der Waals surface area contributed by atoms with E-state index in [-0.39, 0.29) is 175 Å². The largest absolute Gasteiger partial charge is 0.504 e. The molecule has 5 aliphatic rings. The molecular formula is C89H94O33. The van der Waals surface area contributed by atoms with Gasteiger partial charge in [-0.15, -0.1) is 0 Å². The number of aliphatic hydroxyl groups is 6. The fraction of sp³-hybridized carbons (Fsp3) is 0.292. The highest BCUT2D eigenvalue weighted by Crippen LogP contribution is 2.44. The first kappa shape index (κ1) is 93.3. The van der Waals surface area contributed by atoms with Crippen LogP contribution in [0.15, 0.2) is 185 Å². The Morgan fingerprint density at radius 1 is 0.541 bits per heavy atom. The summed E-state index contributed by atoms with van der Waals surface area (Å²) >= 11 is 0. The van der Waals surface area contributed by atoms with Crippen LogP contribution in [0.25, 0.3) is 17.7 Å². The van der Waals surface area contributed by atoms with Gasteiger partial charge in [0.05, 0.1) is 95.5 Å². The summed E-state index contributed by atoms with van der Waals surface area (Å²) < 4.78 is 65.7. The van der Waals surface area contributed by atoms with E-state index < -0.39 is 47.4 Å². The van der Waals surface area contributed by atoms with Gasteiger partial charge in [-0.3, -0.25) is 24.0 Å². The molecule has 4 aliphatic heterocycles. The fourth-order valence-corrected chi connectivity index (χ4v) is 12.7. The van der Waals surface area contributed by atoms with Gasteiger partial charge in [0.25, 0.3) is 0 Å². The Hall–Kier alpha value is -14.2. The van der Waals surface area contributed by atoms with E-state index in [1.54, 1.807) is 105 Å². The average Bonchev–Trinajstić information content (AvgIpc) is 1.51. The molecule has 1 aliphatic carbocycles. The number of rotatable bonds is 24. The minimum atomic E-state index is -2.53. The van der Waals surface area contributed by atoms with Crippen molar-refractivity contribution in [1.82, 2.24) is 0 Å². The molecule has 13 N–H and O–H groups in total. The average molecular weight is 1690 g/mol. The highest BCUT2D eigenvalue weighted by molar-refractivity contribution is 6.08. The van der Waals surface area contributed by atoms with E-state index >= 15 is 0 Å². The Morgan fingerprint density at radius 3 is 1.52 bits per heavy atom. The van der Waals surface area contributed by atoms with Gasteiger partial charge in [-0.1, -0.05) is 36.4 Å². The maximum atomic E-state index is 12.3. The Bertz CT molecular complexity index is 5280. The first-order valence-electron chi connectivity index (χ1n) is 37.5. The molecule has 4 unspecified atom stereocenters. The van der Waals surface area contributed by atoms with E-state index in [4.69, 9.17) is 66.4 Å². The highest BCUT2D eigenvalue weighted by atomic mass is 16.6. The Labute approximate surface area is 699 Å². The van der Waals surface area contributed by atoms with E-state index in [0.717, 1.165) is 22.3 Å².